The topological polar surface area (TPSA) is 90.6 Å². The third-order valence-corrected chi connectivity index (χ3v) is 3.41. The van der Waals surface area contributed by atoms with E-state index in [9.17, 15) is 9.59 Å². The minimum Gasteiger partial charge on any atom is -0.332 e. The molecule has 22 heavy (non-hydrogen) atoms. The van der Waals surface area contributed by atoms with Crippen molar-refractivity contribution in [1.29, 1.82) is 0 Å². The van der Waals surface area contributed by atoms with E-state index >= 15 is 0 Å². The number of rotatable bonds is 2. The fourth-order valence-electron chi connectivity index (χ4n) is 1.96. The Morgan fingerprint density at radius 1 is 1.23 bits per heavy atom. The molecular weight excluding hydrogens is 324 g/mol. The number of fused-ring (bicyclic) bond motifs is 1. The quantitative estimate of drug-likeness (QED) is 0.497. The Labute approximate surface area is 134 Å². The van der Waals surface area contributed by atoms with Crippen molar-refractivity contribution in [3.05, 3.63) is 62.4 Å². The van der Waals surface area contributed by atoms with Crippen LogP contribution < -0.4 is 10.9 Å². The van der Waals surface area contributed by atoms with E-state index in [1.165, 1.54) is 6.20 Å². The van der Waals surface area contributed by atoms with Crippen molar-refractivity contribution < 1.29 is 4.79 Å². The highest BCUT2D eigenvalue weighted by Gasteiger charge is 2.09. The molecular formula is C14H9ClN4O2S. The van der Waals surface area contributed by atoms with Crippen LogP contribution in [0.25, 0.3) is 10.9 Å². The Bertz CT molecular complexity index is 979. The molecule has 1 aromatic carbocycles. The lowest BCUT2D eigenvalue weighted by Gasteiger charge is -2.06. The van der Waals surface area contributed by atoms with Gasteiger partial charge in [-0.2, -0.15) is 0 Å². The molecule has 0 saturated carbocycles. The predicted octanol–water partition coefficient (Wildman–Crippen LogP) is 2.89. The largest absolute Gasteiger partial charge is 0.332 e. The number of amides is 1. The zero-order chi connectivity index (χ0) is 15.7. The fourth-order valence-corrected chi connectivity index (χ4v) is 2.28. The average molecular weight is 333 g/mol. The number of H-pyrrole nitrogens is 2. The SMILES string of the molecule is O=C(Nc1ccc(Cl)nc1)c1ccc2c(=O)[nH]c(=S)[nH]c2c1. The Hall–Kier alpha value is -2.51. The number of carbonyl (C=O) groups is 1. The molecule has 0 saturated heterocycles. The second-order valence-corrected chi connectivity index (χ2v) is 5.29. The second kappa shape index (κ2) is 5.70. The molecule has 3 N–H and O–H groups in total. The van der Waals surface area contributed by atoms with Gasteiger partial charge in [0, 0.05) is 5.56 Å². The maximum atomic E-state index is 12.2. The lowest BCUT2D eigenvalue weighted by Crippen LogP contribution is -2.13. The molecule has 0 spiro atoms. The van der Waals surface area contributed by atoms with Crippen molar-refractivity contribution in [2.75, 3.05) is 5.32 Å². The van der Waals surface area contributed by atoms with Crippen LogP contribution in [0, 0.1) is 4.77 Å². The monoisotopic (exact) mass is 332 g/mol. The van der Waals surface area contributed by atoms with E-state index in [1.54, 1.807) is 30.3 Å². The second-order valence-electron chi connectivity index (χ2n) is 4.49. The van der Waals surface area contributed by atoms with Crippen molar-refractivity contribution in [1.82, 2.24) is 15.0 Å². The number of pyridine rings is 1. The third kappa shape index (κ3) is 2.90. The summed E-state index contributed by atoms with van der Waals surface area (Å²) in [4.78, 5) is 33.2. The summed E-state index contributed by atoms with van der Waals surface area (Å²) in [6.45, 7) is 0. The van der Waals surface area contributed by atoms with Gasteiger partial charge in [-0.1, -0.05) is 11.6 Å². The maximum absolute atomic E-state index is 12.2. The van der Waals surface area contributed by atoms with Gasteiger partial charge in [-0.3, -0.25) is 14.6 Å². The standard InChI is InChI=1S/C14H9ClN4O2S/c15-11-4-2-8(6-16-11)17-12(20)7-1-3-9-10(5-7)18-14(22)19-13(9)21/h1-6H,(H,17,20)(H2,18,19,21,22). The smallest absolute Gasteiger partial charge is 0.259 e. The molecule has 3 rings (SSSR count). The van der Waals surface area contributed by atoms with Crippen LogP contribution in [0.1, 0.15) is 10.4 Å². The molecule has 1 amide bonds. The van der Waals surface area contributed by atoms with Gasteiger partial charge in [0.15, 0.2) is 4.77 Å². The lowest BCUT2D eigenvalue weighted by molar-refractivity contribution is 0.102. The Morgan fingerprint density at radius 3 is 2.77 bits per heavy atom. The van der Waals surface area contributed by atoms with Gasteiger partial charge in [0.05, 0.1) is 22.8 Å². The van der Waals surface area contributed by atoms with Gasteiger partial charge in [0.2, 0.25) is 0 Å². The molecule has 2 heterocycles. The van der Waals surface area contributed by atoms with Crippen LogP contribution in [0.5, 0.6) is 0 Å². The van der Waals surface area contributed by atoms with Gasteiger partial charge in [0.25, 0.3) is 11.5 Å². The van der Waals surface area contributed by atoms with Gasteiger partial charge in [0.1, 0.15) is 5.15 Å². The maximum Gasteiger partial charge on any atom is 0.259 e. The van der Waals surface area contributed by atoms with Crippen molar-refractivity contribution in [2.24, 2.45) is 0 Å². The third-order valence-electron chi connectivity index (χ3n) is 2.99. The van der Waals surface area contributed by atoms with E-state index in [0.717, 1.165) is 0 Å². The Kier molecular flexibility index (Phi) is 3.74. The summed E-state index contributed by atoms with van der Waals surface area (Å²) in [5, 5.41) is 3.47. The normalized spacial score (nSPS) is 10.6. The minimum absolute atomic E-state index is 0.206. The van der Waals surface area contributed by atoms with Crippen LogP contribution in [0.2, 0.25) is 5.15 Å². The van der Waals surface area contributed by atoms with Crippen molar-refractivity contribution in [3.63, 3.8) is 0 Å². The number of hydrogen-bond acceptors (Lipinski definition) is 4. The molecule has 8 heteroatoms. The molecule has 0 aliphatic carbocycles. The summed E-state index contributed by atoms with van der Waals surface area (Å²) >= 11 is 10.6. The number of benzene rings is 1. The number of nitrogens with one attached hydrogen (secondary N) is 3. The molecule has 0 atom stereocenters. The molecule has 0 fully saturated rings. The molecule has 3 aromatic rings. The van der Waals surface area contributed by atoms with E-state index in [0.29, 0.717) is 27.3 Å². The average Bonchev–Trinajstić information content (AvgIpc) is 2.48. The van der Waals surface area contributed by atoms with Crippen LogP contribution in [0.4, 0.5) is 5.69 Å². The number of carbonyl (C=O) groups excluding carboxylic acids is 1. The van der Waals surface area contributed by atoms with Crippen LogP contribution in [0.15, 0.2) is 41.3 Å². The highest BCUT2D eigenvalue weighted by atomic mass is 35.5. The first-order valence-electron chi connectivity index (χ1n) is 6.22. The zero-order valence-electron chi connectivity index (χ0n) is 11.0. The Morgan fingerprint density at radius 2 is 2.05 bits per heavy atom. The van der Waals surface area contributed by atoms with E-state index in [-0.39, 0.29) is 16.2 Å². The lowest BCUT2D eigenvalue weighted by atomic mass is 10.1. The summed E-state index contributed by atoms with van der Waals surface area (Å²) in [5.74, 6) is -0.328. The minimum atomic E-state index is -0.328. The zero-order valence-corrected chi connectivity index (χ0v) is 12.6. The molecule has 0 radical (unpaired) electrons. The fraction of sp³-hybridized carbons (Fsp3) is 0. The molecule has 6 nitrogen and oxygen atoms in total. The van der Waals surface area contributed by atoms with Crippen LogP contribution in [-0.4, -0.2) is 20.9 Å². The summed E-state index contributed by atoms with van der Waals surface area (Å²) in [5.41, 5.74) is 1.11. The van der Waals surface area contributed by atoms with Gasteiger partial charge < -0.3 is 10.3 Å². The molecule has 0 bridgehead atoms. The van der Waals surface area contributed by atoms with Gasteiger partial charge in [-0.05, 0) is 42.5 Å². The molecule has 2 aromatic heterocycles. The van der Waals surface area contributed by atoms with Crippen LogP contribution in [-0.2, 0) is 0 Å². The number of hydrogen-bond donors (Lipinski definition) is 3. The number of anilines is 1. The van der Waals surface area contributed by atoms with E-state index in [2.05, 4.69) is 20.3 Å². The van der Waals surface area contributed by atoms with E-state index in [1.807, 2.05) is 0 Å². The molecule has 110 valence electrons. The number of aromatic nitrogens is 3. The Balaban J connectivity index is 1.95. The molecule has 0 aliphatic rings. The van der Waals surface area contributed by atoms with Gasteiger partial charge >= 0.3 is 0 Å². The predicted molar refractivity (Wildman–Crippen MR) is 87.0 cm³/mol. The highest BCUT2D eigenvalue weighted by molar-refractivity contribution is 7.71. The van der Waals surface area contributed by atoms with Crippen LogP contribution in [0.3, 0.4) is 0 Å². The number of aromatic amines is 2. The first-order valence-corrected chi connectivity index (χ1v) is 7.01. The van der Waals surface area contributed by atoms with Gasteiger partial charge in [-0.15, -0.1) is 0 Å². The molecule has 0 aliphatic heterocycles. The number of nitrogens with zero attached hydrogens (tertiary/aromatic N) is 1. The van der Waals surface area contributed by atoms with Crippen molar-refractivity contribution in [3.8, 4) is 0 Å². The first-order chi connectivity index (χ1) is 10.5. The first kappa shape index (κ1) is 14.4. The summed E-state index contributed by atoms with van der Waals surface area (Å²) in [7, 11) is 0. The summed E-state index contributed by atoms with van der Waals surface area (Å²) in [6, 6.07) is 7.92. The van der Waals surface area contributed by atoms with E-state index in [4.69, 9.17) is 23.8 Å². The van der Waals surface area contributed by atoms with Crippen molar-refractivity contribution in [2.45, 2.75) is 0 Å². The van der Waals surface area contributed by atoms with E-state index < -0.39 is 0 Å². The molecule has 0 unspecified atom stereocenters. The number of halogens is 1. The summed E-state index contributed by atoms with van der Waals surface area (Å²) in [6.07, 6.45) is 1.46. The summed E-state index contributed by atoms with van der Waals surface area (Å²) < 4.78 is 0.206. The van der Waals surface area contributed by atoms with Gasteiger partial charge in [-0.25, -0.2) is 4.98 Å². The highest BCUT2D eigenvalue weighted by Crippen LogP contribution is 2.14. The van der Waals surface area contributed by atoms with Crippen LogP contribution >= 0.6 is 23.8 Å². The van der Waals surface area contributed by atoms with Crippen molar-refractivity contribution >= 4 is 46.3 Å².